The average Bonchev–Trinajstić information content (AvgIpc) is 3.27. The first-order chi connectivity index (χ1) is 15.7. The number of aromatic nitrogens is 3. The smallest absolute Gasteiger partial charge is 0.196 e. The Kier molecular flexibility index (Phi) is 5.60. The molecule has 0 saturated heterocycles. The highest BCUT2D eigenvalue weighted by Gasteiger charge is 2.29. The number of fused-ring (bicyclic) bond motifs is 1. The lowest BCUT2D eigenvalue weighted by atomic mass is 10.1. The minimum atomic E-state index is -0.459. The fourth-order valence-electron chi connectivity index (χ4n) is 3.40. The van der Waals surface area contributed by atoms with E-state index in [1.54, 1.807) is 0 Å². The van der Waals surface area contributed by atoms with Crippen LogP contribution >= 0.6 is 11.8 Å². The van der Waals surface area contributed by atoms with Crippen molar-refractivity contribution in [2.75, 3.05) is 12.4 Å². The fourth-order valence-corrected chi connectivity index (χ4v) is 4.25. The lowest BCUT2D eigenvalue weighted by Crippen LogP contribution is -2.24. The van der Waals surface area contributed by atoms with E-state index >= 15 is 0 Å². The lowest BCUT2D eigenvalue weighted by Gasteiger charge is -2.26. The summed E-state index contributed by atoms with van der Waals surface area (Å²) in [6.07, 6.45) is -0.459. The van der Waals surface area contributed by atoms with Crippen molar-refractivity contribution in [2.45, 2.75) is 11.3 Å². The molecule has 32 heavy (non-hydrogen) atoms. The van der Waals surface area contributed by atoms with E-state index in [1.165, 1.54) is 36.0 Å². The molecular formula is C24H18FN3O3S. The topological polar surface area (TPSA) is 66.2 Å². The average molecular weight is 447 g/mol. The molecule has 1 atom stereocenters. The first-order valence-electron chi connectivity index (χ1n) is 10.00. The predicted octanol–water partition coefficient (Wildman–Crippen LogP) is 4.89. The molecule has 0 spiro atoms. The Morgan fingerprint density at radius 1 is 0.969 bits per heavy atom. The summed E-state index contributed by atoms with van der Waals surface area (Å²) in [4.78, 5) is 12.6. The number of carbonyl (C=O) groups excluding carboxylic acids is 1. The third kappa shape index (κ3) is 4.09. The number of nitrogens with zero attached hydrogens (tertiary/aromatic N) is 3. The second-order valence-corrected chi connectivity index (χ2v) is 8.04. The lowest BCUT2D eigenvalue weighted by molar-refractivity contribution is 0.0835. The van der Waals surface area contributed by atoms with Crippen LogP contribution in [0.4, 0.5) is 4.39 Å². The number of carbonyl (C=O) groups is 1. The van der Waals surface area contributed by atoms with Gasteiger partial charge in [-0.1, -0.05) is 42.1 Å². The monoisotopic (exact) mass is 447 g/mol. The van der Waals surface area contributed by atoms with Crippen LogP contribution < -0.4 is 9.47 Å². The SMILES string of the molecule is O=C(CSc1nnc([C@H]2COc3ccccc3O2)n1-c1ccccc1)c1ccc(F)cc1. The van der Waals surface area contributed by atoms with Crippen molar-refractivity contribution in [3.05, 3.63) is 96.1 Å². The van der Waals surface area contributed by atoms with Gasteiger partial charge >= 0.3 is 0 Å². The summed E-state index contributed by atoms with van der Waals surface area (Å²) in [6, 6.07) is 22.7. The van der Waals surface area contributed by atoms with E-state index in [4.69, 9.17) is 9.47 Å². The van der Waals surface area contributed by atoms with Crippen molar-refractivity contribution >= 4 is 17.5 Å². The van der Waals surface area contributed by atoms with Crippen LogP contribution in [-0.2, 0) is 0 Å². The highest BCUT2D eigenvalue weighted by atomic mass is 32.2. The van der Waals surface area contributed by atoms with Gasteiger partial charge in [-0.3, -0.25) is 9.36 Å². The number of hydrogen-bond donors (Lipinski definition) is 0. The minimum absolute atomic E-state index is 0.120. The summed E-state index contributed by atoms with van der Waals surface area (Å²) in [6.45, 7) is 0.293. The summed E-state index contributed by atoms with van der Waals surface area (Å²) in [7, 11) is 0. The minimum Gasteiger partial charge on any atom is -0.485 e. The molecule has 5 rings (SSSR count). The Bertz CT molecular complexity index is 1250. The second-order valence-electron chi connectivity index (χ2n) is 7.09. The standard InChI is InChI=1S/C24H18FN3O3S/c25-17-12-10-16(11-13-17)19(29)15-32-24-27-26-23(28(24)18-6-2-1-3-7-18)22-14-30-20-8-4-5-9-21(20)31-22/h1-13,22H,14-15H2/t22-/m1/s1. The summed E-state index contributed by atoms with van der Waals surface area (Å²) < 4.78 is 27.0. The first kappa shape index (κ1) is 20.3. The zero-order chi connectivity index (χ0) is 21.9. The first-order valence-corrected chi connectivity index (χ1v) is 11.0. The molecule has 0 N–H and O–H groups in total. The number of Topliss-reactive ketones (excluding diaryl/α,β-unsaturated/α-hetero) is 1. The van der Waals surface area contributed by atoms with Gasteiger partial charge in [-0.2, -0.15) is 0 Å². The largest absolute Gasteiger partial charge is 0.485 e. The third-order valence-corrected chi connectivity index (χ3v) is 5.90. The Labute approximate surface area is 188 Å². The van der Waals surface area contributed by atoms with Gasteiger partial charge < -0.3 is 9.47 Å². The Morgan fingerprint density at radius 2 is 1.69 bits per heavy atom. The molecule has 0 bridgehead atoms. The van der Waals surface area contributed by atoms with Gasteiger partial charge in [-0.25, -0.2) is 4.39 Å². The molecule has 8 heteroatoms. The maximum absolute atomic E-state index is 13.2. The molecule has 6 nitrogen and oxygen atoms in total. The molecule has 0 amide bonds. The van der Waals surface area contributed by atoms with E-state index in [9.17, 15) is 9.18 Å². The highest BCUT2D eigenvalue weighted by Crippen LogP contribution is 2.37. The Balaban J connectivity index is 1.43. The summed E-state index contributed by atoms with van der Waals surface area (Å²) in [5, 5.41) is 9.27. The van der Waals surface area contributed by atoms with Crippen molar-refractivity contribution in [3.63, 3.8) is 0 Å². The number of para-hydroxylation sites is 3. The van der Waals surface area contributed by atoms with Gasteiger partial charge in [0.15, 0.2) is 34.4 Å². The molecule has 1 aromatic heterocycles. The van der Waals surface area contributed by atoms with Gasteiger partial charge in [-0.15, -0.1) is 10.2 Å². The van der Waals surface area contributed by atoms with Crippen LogP contribution in [-0.4, -0.2) is 32.9 Å². The van der Waals surface area contributed by atoms with Crippen molar-refractivity contribution < 1.29 is 18.7 Å². The van der Waals surface area contributed by atoms with Crippen LogP contribution in [0.15, 0.2) is 84.0 Å². The molecule has 4 aromatic rings. The van der Waals surface area contributed by atoms with Crippen LogP contribution in [0.25, 0.3) is 5.69 Å². The van der Waals surface area contributed by atoms with Crippen LogP contribution in [0.5, 0.6) is 11.5 Å². The van der Waals surface area contributed by atoms with E-state index in [0.29, 0.717) is 34.7 Å². The normalized spacial score (nSPS) is 14.8. The quantitative estimate of drug-likeness (QED) is 0.310. The van der Waals surface area contributed by atoms with Gasteiger partial charge in [-0.05, 0) is 48.5 Å². The van der Waals surface area contributed by atoms with Gasteiger partial charge in [0.2, 0.25) is 0 Å². The highest BCUT2D eigenvalue weighted by molar-refractivity contribution is 7.99. The number of ketones is 1. The zero-order valence-corrected chi connectivity index (χ0v) is 17.7. The number of rotatable bonds is 6. The summed E-state index contributed by atoms with van der Waals surface area (Å²) in [5.41, 5.74) is 1.30. The Hall–Kier alpha value is -3.65. The number of benzene rings is 3. The van der Waals surface area contributed by atoms with Crippen LogP contribution in [0.2, 0.25) is 0 Å². The molecule has 1 aliphatic rings. The molecule has 0 unspecified atom stereocenters. The molecule has 0 aliphatic carbocycles. The third-order valence-electron chi connectivity index (χ3n) is 4.97. The number of ether oxygens (including phenoxy) is 2. The van der Waals surface area contributed by atoms with Gasteiger partial charge in [0.05, 0.1) is 5.75 Å². The molecule has 0 saturated carbocycles. The maximum atomic E-state index is 13.2. The van der Waals surface area contributed by atoms with Crippen LogP contribution in [0, 0.1) is 5.82 Å². The molecule has 1 aliphatic heterocycles. The van der Waals surface area contributed by atoms with Crippen LogP contribution in [0.1, 0.15) is 22.3 Å². The van der Waals surface area contributed by atoms with Gasteiger partial charge in [0.25, 0.3) is 0 Å². The molecule has 160 valence electrons. The van der Waals surface area contributed by atoms with Crippen LogP contribution in [0.3, 0.4) is 0 Å². The van der Waals surface area contributed by atoms with E-state index in [2.05, 4.69) is 10.2 Å². The van der Waals surface area contributed by atoms with E-state index in [-0.39, 0.29) is 17.4 Å². The fraction of sp³-hybridized carbons (Fsp3) is 0.125. The summed E-state index contributed by atoms with van der Waals surface area (Å²) in [5.74, 6) is 1.56. The maximum Gasteiger partial charge on any atom is 0.196 e. The number of thioether (sulfide) groups is 1. The van der Waals surface area contributed by atoms with E-state index in [0.717, 1.165) is 5.69 Å². The van der Waals surface area contributed by atoms with Crippen molar-refractivity contribution in [1.29, 1.82) is 0 Å². The predicted molar refractivity (Wildman–Crippen MR) is 118 cm³/mol. The van der Waals surface area contributed by atoms with Gasteiger partial charge in [0, 0.05) is 11.3 Å². The molecule has 0 radical (unpaired) electrons. The zero-order valence-electron chi connectivity index (χ0n) is 16.8. The molecule has 0 fully saturated rings. The van der Waals surface area contributed by atoms with Crippen molar-refractivity contribution in [3.8, 4) is 17.2 Å². The number of hydrogen-bond acceptors (Lipinski definition) is 6. The van der Waals surface area contributed by atoms with E-state index in [1.807, 2.05) is 59.2 Å². The molecular weight excluding hydrogens is 429 g/mol. The van der Waals surface area contributed by atoms with Crippen molar-refractivity contribution in [2.24, 2.45) is 0 Å². The van der Waals surface area contributed by atoms with Gasteiger partial charge in [0.1, 0.15) is 12.4 Å². The number of halogens is 1. The summed E-state index contributed by atoms with van der Waals surface area (Å²) >= 11 is 1.27. The second kappa shape index (κ2) is 8.84. The molecule has 2 heterocycles. The van der Waals surface area contributed by atoms with E-state index < -0.39 is 6.10 Å². The Morgan fingerprint density at radius 3 is 2.47 bits per heavy atom. The van der Waals surface area contributed by atoms with Crippen molar-refractivity contribution in [1.82, 2.24) is 14.8 Å². The molecule has 3 aromatic carbocycles.